The summed E-state index contributed by atoms with van der Waals surface area (Å²) in [5, 5.41) is 0. The molecule has 0 aromatic carbocycles. The number of carbonyl (C=O) groups is 5. The molecule has 226 valence electrons. The minimum absolute atomic E-state index is 0.0215. The molecule has 0 heterocycles. The van der Waals surface area contributed by atoms with Crippen molar-refractivity contribution in [2.45, 2.75) is 110 Å². The first-order chi connectivity index (χ1) is 19.2. The lowest BCUT2D eigenvalue weighted by Crippen LogP contribution is -2.70. The summed E-state index contributed by atoms with van der Waals surface area (Å²) in [4.78, 5) is 64.2. The number of fused-ring (bicyclic) bond motifs is 5. The van der Waals surface area contributed by atoms with Crippen LogP contribution in [-0.4, -0.2) is 53.5 Å². The lowest BCUT2D eigenvalue weighted by atomic mass is 9.44. The molecule has 4 aliphatic rings. The van der Waals surface area contributed by atoms with E-state index in [0.717, 1.165) is 0 Å². The van der Waals surface area contributed by atoms with Gasteiger partial charge in [-0.15, -0.1) is 0 Å². The van der Waals surface area contributed by atoms with Crippen molar-refractivity contribution < 1.29 is 42.6 Å². The fourth-order valence-corrected chi connectivity index (χ4v) is 8.52. The molecule has 0 N–H and O–H groups in total. The summed E-state index contributed by atoms with van der Waals surface area (Å²) in [5.41, 5.74) is -5.41. The predicted octanol–water partition coefficient (Wildman–Crippen LogP) is 5.17. The number of halogens is 1. The third-order valence-electron chi connectivity index (χ3n) is 10.5. The topological polar surface area (TPSA) is 113 Å². The Morgan fingerprint density at radius 2 is 1.71 bits per heavy atom. The van der Waals surface area contributed by atoms with Crippen molar-refractivity contribution in [1.82, 2.24) is 0 Å². The number of alkyl halides is 1. The van der Waals surface area contributed by atoms with Crippen LogP contribution in [0, 0.1) is 28.6 Å². The molecule has 0 saturated heterocycles. The fourth-order valence-electron chi connectivity index (χ4n) is 8.52. The van der Waals surface area contributed by atoms with Crippen molar-refractivity contribution >= 4 is 29.5 Å². The van der Waals surface area contributed by atoms with E-state index in [-0.39, 0.29) is 31.5 Å². The van der Waals surface area contributed by atoms with Gasteiger partial charge >= 0.3 is 17.9 Å². The smallest absolute Gasteiger partial charge is 0.306 e. The van der Waals surface area contributed by atoms with Crippen molar-refractivity contribution in [2.24, 2.45) is 28.6 Å². The highest BCUT2D eigenvalue weighted by molar-refractivity contribution is 6.01. The minimum Gasteiger partial charge on any atom is -0.459 e. The summed E-state index contributed by atoms with van der Waals surface area (Å²) in [7, 11) is 0. The van der Waals surface area contributed by atoms with Crippen LogP contribution in [0.1, 0.15) is 92.9 Å². The number of carbonyl (C=O) groups excluding carboxylic acids is 5. The second kappa shape index (κ2) is 11.1. The quantitative estimate of drug-likeness (QED) is 0.274. The Labute approximate surface area is 241 Å². The fraction of sp³-hybridized carbons (Fsp3) is 0.719. The molecule has 0 aromatic heterocycles. The number of Topliss-reactive ketones (excluding diaryl/α,β-unsaturated/α-hetero) is 1. The monoisotopic (exact) mass is 574 g/mol. The van der Waals surface area contributed by atoms with E-state index in [9.17, 15) is 24.0 Å². The van der Waals surface area contributed by atoms with Crippen LogP contribution in [0.3, 0.4) is 0 Å². The molecule has 0 aliphatic heterocycles. The van der Waals surface area contributed by atoms with Crippen LogP contribution >= 0.6 is 0 Å². The van der Waals surface area contributed by atoms with E-state index in [1.165, 1.54) is 12.2 Å². The van der Waals surface area contributed by atoms with E-state index in [0.29, 0.717) is 31.3 Å². The molecule has 9 heteroatoms. The van der Waals surface area contributed by atoms with Gasteiger partial charge in [0.25, 0.3) is 0 Å². The Hall–Kier alpha value is -2.84. The van der Waals surface area contributed by atoms with Gasteiger partial charge in [-0.1, -0.05) is 46.3 Å². The number of ketones is 2. The zero-order valence-electron chi connectivity index (χ0n) is 25.0. The van der Waals surface area contributed by atoms with Crippen LogP contribution in [0.4, 0.5) is 4.39 Å². The molecule has 4 aliphatic carbocycles. The molecule has 0 spiro atoms. The van der Waals surface area contributed by atoms with Gasteiger partial charge in [-0.3, -0.25) is 24.0 Å². The van der Waals surface area contributed by atoms with Crippen molar-refractivity contribution in [3.63, 3.8) is 0 Å². The second-order valence-corrected chi connectivity index (χ2v) is 12.6. The molecule has 8 nitrogen and oxygen atoms in total. The Kier molecular flexibility index (Phi) is 8.42. The lowest BCUT2D eigenvalue weighted by Gasteiger charge is -2.63. The maximum absolute atomic E-state index is 18.2. The average molecular weight is 575 g/mol. The zero-order chi connectivity index (χ0) is 30.4. The van der Waals surface area contributed by atoms with E-state index in [2.05, 4.69) is 0 Å². The Morgan fingerprint density at radius 3 is 2.34 bits per heavy atom. The van der Waals surface area contributed by atoms with E-state index in [4.69, 9.17) is 14.2 Å². The summed E-state index contributed by atoms with van der Waals surface area (Å²) in [6.07, 6.45) is 5.11. The Bertz CT molecular complexity index is 1190. The van der Waals surface area contributed by atoms with Gasteiger partial charge in [-0.25, -0.2) is 4.39 Å². The van der Waals surface area contributed by atoms with Gasteiger partial charge in [0.05, 0.1) is 0 Å². The van der Waals surface area contributed by atoms with E-state index in [1.54, 1.807) is 26.8 Å². The van der Waals surface area contributed by atoms with E-state index >= 15 is 4.39 Å². The summed E-state index contributed by atoms with van der Waals surface area (Å²) < 4.78 is 35.5. The van der Waals surface area contributed by atoms with Gasteiger partial charge in [0.2, 0.25) is 5.78 Å². The highest BCUT2D eigenvalue weighted by Crippen LogP contribution is 2.72. The predicted molar refractivity (Wildman–Crippen MR) is 147 cm³/mol. The van der Waals surface area contributed by atoms with Gasteiger partial charge in [0.15, 0.2) is 23.7 Å². The van der Waals surface area contributed by atoms with Crippen LogP contribution in [-0.2, 0) is 38.2 Å². The van der Waals surface area contributed by atoms with Crippen molar-refractivity contribution in [3.05, 3.63) is 23.8 Å². The van der Waals surface area contributed by atoms with Crippen molar-refractivity contribution in [1.29, 1.82) is 0 Å². The molecule has 0 amide bonds. The molecule has 3 fully saturated rings. The van der Waals surface area contributed by atoms with Crippen LogP contribution in [0.25, 0.3) is 0 Å². The van der Waals surface area contributed by atoms with Crippen LogP contribution in [0.5, 0.6) is 0 Å². The standard InChI is InChI=1S/C32H43FO8/c1-7-10-28(38)40-25-17-30(6)23(22-12-11-20-16-21(34)13-14-29(20,5)31(22,25)33)15-19(4)32(30,41-27(37)9-3)24(35)18-39-26(36)8-2/h13-14,16,19,22-23,25H,7-12,15,17-18H2,1-6H3/t19-,22-,23-,25-,29-,30-,31?,32-/m0/s1. The van der Waals surface area contributed by atoms with Crippen LogP contribution < -0.4 is 0 Å². The molecule has 0 radical (unpaired) electrons. The number of esters is 3. The van der Waals surface area contributed by atoms with Gasteiger partial charge in [-0.2, -0.15) is 0 Å². The molecular formula is C32H43FO8. The van der Waals surface area contributed by atoms with Crippen molar-refractivity contribution in [3.8, 4) is 0 Å². The van der Waals surface area contributed by atoms with Gasteiger partial charge < -0.3 is 14.2 Å². The van der Waals surface area contributed by atoms with Crippen molar-refractivity contribution in [2.75, 3.05) is 6.61 Å². The Morgan fingerprint density at radius 1 is 1.02 bits per heavy atom. The third-order valence-corrected chi connectivity index (χ3v) is 10.5. The molecule has 1 unspecified atom stereocenters. The number of hydrogen-bond acceptors (Lipinski definition) is 8. The first kappa shape index (κ1) is 31.1. The minimum atomic E-state index is -2.07. The maximum Gasteiger partial charge on any atom is 0.306 e. The second-order valence-electron chi connectivity index (χ2n) is 12.6. The van der Waals surface area contributed by atoms with Gasteiger partial charge in [-0.05, 0) is 57.1 Å². The van der Waals surface area contributed by atoms with E-state index in [1.807, 2.05) is 20.8 Å². The van der Waals surface area contributed by atoms with Gasteiger partial charge in [0, 0.05) is 41.9 Å². The van der Waals surface area contributed by atoms with E-state index < -0.39 is 76.3 Å². The molecule has 41 heavy (non-hydrogen) atoms. The third kappa shape index (κ3) is 4.58. The number of hydrogen-bond donors (Lipinski definition) is 0. The zero-order valence-corrected chi connectivity index (χ0v) is 25.0. The highest BCUT2D eigenvalue weighted by Gasteiger charge is 2.78. The summed E-state index contributed by atoms with van der Waals surface area (Å²) in [5.74, 6) is -4.01. The summed E-state index contributed by atoms with van der Waals surface area (Å²) >= 11 is 0. The molecular weight excluding hydrogens is 531 g/mol. The van der Waals surface area contributed by atoms with Crippen LogP contribution in [0.15, 0.2) is 23.8 Å². The highest BCUT2D eigenvalue weighted by atomic mass is 19.1. The van der Waals surface area contributed by atoms with Crippen LogP contribution in [0.2, 0.25) is 0 Å². The molecule has 0 aromatic rings. The number of allylic oxidation sites excluding steroid dienone is 4. The molecule has 8 atom stereocenters. The molecule has 0 bridgehead atoms. The largest absolute Gasteiger partial charge is 0.459 e. The number of ether oxygens (including phenoxy) is 3. The van der Waals surface area contributed by atoms with Gasteiger partial charge in [0.1, 0.15) is 6.10 Å². The SMILES string of the molecule is CCCC(=O)O[C@H]1C[C@@]2(C)[C@@H](C[C@H](C)[C@]2(OC(=O)CC)C(=O)COC(=O)CC)[C@@H]2CCC3=CC(=O)C=C[C@]3(C)C12F. The molecule has 4 rings (SSSR count). The summed E-state index contributed by atoms with van der Waals surface area (Å²) in [6, 6.07) is 0. The summed E-state index contributed by atoms with van der Waals surface area (Å²) in [6.45, 7) is 9.91. The number of rotatable bonds is 9. The normalized spacial score (nSPS) is 39.1. The first-order valence-electron chi connectivity index (χ1n) is 15.0. The average Bonchev–Trinajstić information content (AvgIpc) is 3.14. The first-order valence-corrected chi connectivity index (χ1v) is 15.0. The lowest BCUT2D eigenvalue weighted by molar-refractivity contribution is -0.236. The maximum atomic E-state index is 18.2. The molecule has 3 saturated carbocycles. The Balaban J connectivity index is 1.88.